The zero-order valence-electron chi connectivity index (χ0n) is 16.1. The van der Waals surface area contributed by atoms with Crippen molar-refractivity contribution < 1.29 is 9.53 Å². The van der Waals surface area contributed by atoms with Gasteiger partial charge in [0, 0.05) is 41.5 Å². The van der Waals surface area contributed by atoms with Crippen molar-refractivity contribution in [2.24, 2.45) is 24.8 Å². The van der Waals surface area contributed by atoms with Crippen LogP contribution in [0.15, 0.2) is 24.3 Å². The fourth-order valence-electron chi connectivity index (χ4n) is 6.35. The average molecular weight is 352 g/mol. The first kappa shape index (κ1) is 16.5. The van der Waals surface area contributed by atoms with E-state index in [4.69, 9.17) is 4.74 Å². The number of aryl methyl sites for hydroxylation is 1. The maximum absolute atomic E-state index is 12.4. The second-order valence-corrected chi connectivity index (χ2v) is 8.63. The van der Waals surface area contributed by atoms with Gasteiger partial charge < -0.3 is 9.30 Å². The molecule has 2 aromatic rings. The third kappa shape index (κ3) is 2.06. The summed E-state index contributed by atoms with van der Waals surface area (Å²) in [5.74, 6) is 1.23. The summed E-state index contributed by atoms with van der Waals surface area (Å²) in [6.07, 6.45) is 2.17. The summed E-state index contributed by atoms with van der Waals surface area (Å²) in [7, 11) is 4.48. The number of ether oxygens (including phenoxy) is 1. The first-order valence-corrected chi connectivity index (χ1v) is 9.89. The number of likely N-dealkylation sites (N-methyl/N-ethyl adjacent to an activating group) is 1. The van der Waals surface area contributed by atoms with Crippen molar-refractivity contribution in [3.63, 3.8) is 0 Å². The Hall–Kier alpha value is -1.65. The zero-order valence-corrected chi connectivity index (χ0v) is 16.1. The number of ketones is 1. The molecule has 6 atom stereocenters. The van der Waals surface area contributed by atoms with Crippen LogP contribution in [0.2, 0.25) is 0 Å². The summed E-state index contributed by atoms with van der Waals surface area (Å²) in [6.45, 7) is 4.62. The quantitative estimate of drug-likeness (QED) is 0.789. The number of hydrogen-bond acceptors (Lipinski definition) is 3. The van der Waals surface area contributed by atoms with E-state index >= 15 is 0 Å². The number of nitrogens with zero attached hydrogens (tertiary/aromatic N) is 2. The number of piperidine rings is 1. The lowest BCUT2D eigenvalue weighted by molar-refractivity contribution is -0.158. The highest BCUT2D eigenvalue weighted by Gasteiger charge is 2.53. The lowest BCUT2D eigenvalue weighted by atomic mass is 9.63. The van der Waals surface area contributed by atoms with Gasteiger partial charge in [0.2, 0.25) is 0 Å². The van der Waals surface area contributed by atoms with Gasteiger partial charge in [-0.3, -0.25) is 9.69 Å². The molecule has 0 saturated carbocycles. The second-order valence-electron chi connectivity index (χ2n) is 8.63. The van der Waals surface area contributed by atoms with Crippen LogP contribution in [0.25, 0.3) is 10.9 Å². The summed E-state index contributed by atoms with van der Waals surface area (Å²) in [6, 6.07) is 9.64. The number of para-hydroxylation sites is 1. The molecular weight excluding hydrogens is 324 g/mol. The monoisotopic (exact) mass is 352 g/mol. The minimum Gasteiger partial charge on any atom is -0.377 e. The van der Waals surface area contributed by atoms with Gasteiger partial charge in [0.1, 0.15) is 5.78 Å². The van der Waals surface area contributed by atoms with Crippen LogP contribution in [0.1, 0.15) is 37.6 Å². The third-order valence-electron chi connectivity index (χ3n) is 7.53. The van der Waals surface area contributed by atoms with Gasteiger partial charge in [-0.15, -0.1) is 0 Å². The third-order valence-corrected chi connectivity index (χ3v) is 7.53. The van der Waals surface area contributed by atoms with Crippen LogP contribution in [0.3, 0.4) is 0 Å². The highest BCUT2D eigenvalue weighted by molar-refractivity contribution is 5.86. The minimum absolute atomic E-state index is 0.0451. The van der Waals surface area contributed by atoms with Crippen molar-refractivity contribution in [2.75, 3.05) is 13.7 Å². The predicted octanol–water partition coefficient (Wildman–Crippen LogP) is 3.34. The van der Waals surface area contributed by atoms with E-state index in [1.54, 1.807) is 6.92 Å². The van der Waals surface area contributed by atoms with Gasteiger partial charge in [-0.1, -0.05) is 18.2 Å². The molecule has 0 N–H and O–H groups in total. The standard InChI is InChI=1S/C22H28N2O2/c1-12(25)21-13(2)26-11-17-15(21)9-20-22-16(10-19(17)23(20)3)14-7-5-6-8-18(14)24(22)4/h5-8,13,15,17,19-21H,9-11H2,1-4H3. The maximum atomic E-state index is 12.4. The van der Waals surface area contributed by atoms with Crippen LogP contribution in [0.4, 0.5) is 0 Å². The van der Waals surface area contributed by atoms with Gasteiger partial charge in [0.05, 0.1) is 18.8 Å². The van der Waals surface area contributed by atoms with Crippen LogP contribution < -0.4 is 0 Å². The van der Waals surface area contributed by atoms with Gasteiger partial charge >= 0.3 is 0 Å². The SMILES string of the molecule is CC(=O)C1C(C)OCC2C1CC1c3c(c4ccccc4n3C)CC2N1C. The Balaban J connectivity index is 1.65. The summed E-state index contributed by atoms with van der Waals surface area (Å²) in [4.78, 5) is 15.0. The van der Waals surface area contributed by atoms with Gasteiger partial charge in [0.25, 0.3) is 0 Å². The number of aromatic nitrogens is 1. The van der Waals surface area contributed by atoms with Gasteiger partial charge in [-0.2, -0.15) is 0 Å². The number of carbonyl (C=O) groups excluding carboxylic acids is 1. The molecular formula is C22H28N2O2. The number of Topliss-reactive ketones (excluding diaryl/α,β-unsaturated/α-hetero) is 1. The van der Waals surface area contributed by atoms with Gasteiger partial charge in [0.15, 0.2) is 0 Å². The number of benzene rings is 1. The van der Waals surface area contributed by atoms with Gasteiger partial charge in [-0.05, 0) is 51.3 Å². The van der Waals surface area contributed by atoms with Crippen molar-refractivity contribution in [1.82, 2.24) is 9.47 Å². The molecule has 5 rings (SSSR count). The van der Waals surface area contributed by atoms with E-state index in [-0.39, 0.29) is 12.0 Å². The molecule has 0 aliphatic carbocycles. The van der Waals surface area contributed by atoms with Crippen molar-refractivity contribution in [1.29, 1.82) is 0 Å². The molecule has 4 nitrogen and oxygen atoms in total. The van der Waals surface area contributed by atoms with Crippen molar-refractivity contribution in [3.05, 3.63) is 35.5 Å². The molecule has 1 aromatic heterocycles. The van der Waals surface area contributed by atoms with Crippen LogP contribution in [0.5, 0.6) is 0 Å². The van der Waals surface area contributed by atoms with Crippen LogP contribution in [-0.4, -0.2) is 41.1 Å². The van der Waals surface area contributed by atoms with Crippen LogP contribution >= 0.6 is 0 Å². The van der Waals surface area contributed by atoms with Crippen molar-refractivity contribution in [2.45, 2.75) is 44.9 Å². The Bertz CT molecular complexity index is 886. The van der Waals surface area contributed by atoms with E-state index in [1.165, 1.54) is 22.2 Å². The Labute approximate surface area is 155 Å². The molecule has 0 radical (unpaired) electrons. The van der Waals surface area contributed by atoms with Crippen LogP contribution in [0, 0.1) is 17.8 Å². The Morgan fingerprint density at radius 3 is 2.73 bits per heavy atom. The summed E-state index contributed by atoms with van der Waals surface area (Å²) < 4.78 is 8.49. The summed E-state index contributed by atoms with van der Waals surface area (Å²) in [5.41, 5.74) is 4.31. The van der Waals surface area contributed by atoms with Gasteiger partial charge in [-0.25, -0.2) is 0 Å². The summed E-state index contributed by atoms with van der Waals surface area (Å²) >= 11 is 0. The van der Waals surface area contributed by atoms with E-state index in [2.05, 4.69) is 54.8 Å². The smallest absolute Gasteiger partial charge is 0.135 e. The number of fused-ring (bicyclic) bond motifs is 8. The molecule has 4 heteroatoms. The first-order valence-electron chi connectivity index (χ1n) is 9.89. The molecule has 2 bridgehead atoms. The molecule has 6 unspecified atom stereocenters. The van der Waals surface area contributed by atoms with E-state index in [0.717, 1.165) is 19.4 Å². The number of hydrogen-bond donors (Lipinski definition) is 0. The van der Waals surface area contributed by atoms with Crippen molar-refractivity contribution >= 4 is 16.7 Å². The lowest BCUT2D eigenvalue weighted by Gasteiger charge is -2.56. The highest BCUT2D eigenvalue weighted by atomic mass is 16.5. The normalized spacial score (nSPS) is 36.6. The molecule has 2 fully saturated rings. The molecule has 4 heterocycles. The predicted molar refractivity (Wildman–Crippen MR) is 102 cm³/mol. The zero-order chi connectivity index (χ0) is 18.2. The van der Waals surface area contributed by atoms with Crippen molar-refractivity contribution in [3.8, 4) is 0 Å². The molecule has 26 heavy (non-hydrogen) atoms. The van der Waals surface area contributed by atoms with Crippen LogP contribution in [-0.2, 0) is 23.0 Å². The highest BCUT2D eigenvalue weighted by Crippen LogP contribution is 2.52. The molecule has 2 saturated heterocycles. The van der Waals surface area contributed by atoms with E-state index < -0.39 is 0 Å². The molecule has 0 spiro atoms. The second kappa shape index (κ2) is 5.67. The molecule has 3 aliphatic heterocycles. The Morgan fingerprint density at radius 2 is 1.96 bits per heavy atom. The fourth-order valence-corrected chi connectivity index (χ4v) is 6.35. The average Bonchev–Trinajstić information content (AvgIpc) is 2.88. The molecule has 3 aliphatic rings. The topological polar surface area (TPSA) is 34.5 Å². The Morgan fingerprint density at radius 1 is 1.19 bits per heavy atom. The minimum atomic E-state index is 0.0451. The number of carbonyl (C=O) groups is 1. The molecule has 0 amide bonds. The largest absolute Gasteiger partial charge is 0.377 e. The molecule has 138 valence electrons. The molecule has 1 aromatic carbocycles. The first-order chi connectivity index (χ1) is 12.5. The fraction of sp³-hybridized carbons (Fsp3) is 0.591. The van der Waals surface area contributed by atoms with E-state index in [0.29, 0.717) is 29.7 Å². The van der Waals surface area contributed by atoms with E-state index in [1.807, 2.05) is 0 Å². The number of rotatable bonds is 1. The Kier molecular flexibility index (Phi) is 3.60. The maximum Gasteiger partial charge on any atom is 0.135 e. The van der Waals surface area contributed by atoms with E-state index in [9.17, 15) is 4.79 Å². The summed E-state index contributed by atoms with van der Waals surface area (Å²) in [5, 5.41) is 1.40. The lowest BCUT2D eigenvalue weighted by Crippen LogP contribution is -2.59.